The van der Waals surface area contributed by atoms with E-state index in [1.165, 1.54) is 43.5 Å². The van der Waals surface area contributed by atoms with E-state index in [4.69, 9.17) is 10.5 Å². The highest BCUT2D eigenvalue weighted by molar-refractivity contribution is 5.97. The van der Waals surface area contributed by atoms with Crippen LogP contribution in [0.2, 0.25) is 0 Å². The zero-order chi connectivity index (χ0) is 18.5. The van der Waals surface area contributed by atoms with Gasteiger partial charge in [-0.3, -0.25) is 9.59 Å². The Morgan fingerprint density at radius 3 is 1.88 bits per heavy atom. The largest absolute Gasteiger partial charge is 0.451 e. The maximum absolute atomic E-state index is 13.2. The van der Waals surface area contributed by atoms with E-state index in [-0.39, 0.29) is 11.2 Å². The van der Waals surface area contributed by atoms with Crippen LogP contribution in [-0.4, -0.2) is 23.8 Å². The Balaban J connectivity index is 1.44. The van der Waals surface area contributed by atoms with Crippen LogP contribution >= 0.6 is 0 Å². The number of hydrogen-bond acceptors (Lipinski definition) is 4. The van der Waals surface area contributed by atoms with Crippen LogP contribution in [0.5, 0.6) is 0 Å². The van der Waals surface area contributed by atoms with Crippen LogP contribution in [-0.2, 0) is 9.53 Å². The first-order valence-corrected chi connectivity index (χ1v) is 9.51. The van der Waals surface area contributed by atoms with Crippen LogP contribution in [0.25, 0.3) is 0 Å². The van der Waals surface area contributed by atoms with Gasteiger partial charge in [0.05, 0.1) is 5.56 Å². The predicted octanol–water partition coefficient (Wildman–Crippen LogP) is 3.12. The van der Waals surface area contributed by atoms with Crippen LogP contribution in [0.4, 0.5) is 0 Å². The molecule has 4 bridgehead atoms. The molecular weight excluding hydrogens is 330 g/mol. The number of amides is 1. The second-order valence-corrected chi connectivity index (χ2v) is 8.55. The Morgan fingerprint density at radius 2 is 1.42 bits per heavy atom. The van der Waals surface area contributed by atoms with Crippen molar-refractivity contribution in [1.29, 1.82) is 0 Å². The topological polar surface area (TPSA) is 86.5 Å². The number of nitrogens with two attached hydrogens (primary N) is 1. The molecule has 0 aliphatic heterocycles. The molecule has 4 aliphatic rings. The Hall–Kier alpha value is -2.17. The normalized spacial score (nSPS) is 32.9. The second-order valence-electron chi connectivity index (χ2n) is 8.55. The Bertz CT molecular complexity index is 716. The molecule has 0 aromatic heterocycles. The zero-order valence-corrected chi connectivity index (χ0v) is 15.1. The van der Waals surface area contributed by atoms with Gasteiger partial charge in [0.15, 0.2) is 11.9 Å². The fourth-order valence-electron chi connectivity index (χ4n) is 5.90. The molecule has 5 rings (SSSR count). The Labute approximate surface area is 153 Å². The van der Waals surface area contributed by atoms with Gasteiger partial charge in [-0.05, 0) is 87.5 Å². The van der Waals surface area contributed by atoms with E-state index < -0.39 is 18.0 Å². The quantitative estimate of drug-likeness (QED) is 0.822. The average Bonchev–Trinajstić information content (AvgIpc) is 2.59. The summed E-state index contributed by atoms with van der Waals surface area (Å²) in [5.41, 5.74) is 5.58. The molecule has 138 valence electrons. The van der Waals surface area contributed by atoms with Gasteiger partial charge < -0.3 is 10.5 Å². The second kappa shape index (κ2) is 6.22. The van der Waals surface area contributed by atoms with Gasteiger partial charge in [-0.1, -0.05) is 0 Å². The smallest absolute Gasteiger partial charge is 0.338 e. The summed E-state index contributed by atoms with van der Waals surface area (Å²) in [5, 5.41) is 0. The third kappa shape index (κ3) is 2.93. The molecule has 0 heterocycles. The van der Waals surface area contributed by atoms with Crippen molar-refractivity contribution in [1.82, 2.24) is 0 Å². The van der Waals surface area contributed by atoms with Gasteiger partial charge in [0.2, 0.25) is 5.91 Å². The summed E-state index contributed by atoms with van der Waals surface area (Å²) >= 11 is 0. The molecule has 4 aliphatic carbocycles. The number of Topliss-reactive ketones (excluding diaryl/α,β-unsaturated/α-hetero) is 1. The lowest BCUT2D eigenvalue weighted by atomic mass is 9.48. The number of rotatable bonds is 5. The van der Waals surface area contributed by atoms with Gasteiger partial charge in [-0.15, -0.1) is 0 Å². The predicted molar refractivity (Wildman–Crippen MR) is 95.4 cm³/mol. The van der Waals surface area contributed by atoms with Crippen LogP contribution in [0.1, 0.15) is 66.2 Å². The lowest BCUT2D eigenvalue weighted by Gasteiger charge is -2.56. The third-order valence-electron chi connectivity index (χ3n) is 6.62. The van der Waals surface area contributed by atoms with Crippen molar-refractivity contribution in [3.8, 4) is 0 Å². The van der Waals surface area contributed by atoms with E-state index in [1.807, 2.05) is 0 Å². The SMILES string of the molecule is CC(OC(=O)c1ccc(C(N)=O)cc1)C(=O)C12CC3CC(CC(C3)C1)C2. The highest BCUT2D eigenvalue weighted by Crippen LogP contribution is 2.60. The zero-order valence-electron chi connectivity index (χ0n) is 15.1. The monoisotopic (exact) mass is 355 g/mol. The van der Waals surface area contributed by atoms with Gasteiger partial charge in [0, 0.05) is 11.0 Å². The minimum atomic E-state index is -0.741. The number of ketones is 1. The van der Waals surface area contributed by atoms with Crippen LogP contribution in [0, 0.1) is 23.2 Å². The van der Waals surface area contributed by atoms with Crippen LogP contribution < -0.4 is 5.73 Å². The van der Waals surface area contributed by atoms with E-state index >= 15 is 0 Å². The summed E-state index contributed by atoms with van der Waals surface area (Å²) in [6.07, 6.45) is 5.97. The summed E-state index contributed by atoms with van der Waals surface area (Å²) < 4.78 is 5.48. The fourth-order valence-corrected chi connectivity index (χ4v) is 5.90. The van der Waals surface area contributed by atoms with Gasteiger partial charge in [0.25, 0.3) is 0 Å². The number of esters is 1. The number of ether oxygens (including phenoxy) is 1. The molecule has 0 radical (unpaired) electrons. The first-order valence-electron chi connectivity index (χ1n) is 9.51. The first-order chi connectivity index (χ1) is 12.4. The number of primary amides is 1. The van der Waals surface area contributed by atoms with Crippen molar-refractivity contribution in [2.45, 2.75) is 51.6 Å². The number of hydrogen-bond donors (Lipinski definition) is 1. The van der Waals surface area contributed by atoms with Gasteiger partial charge in [0.1, 0.15) is 0 Å². The molecule has 26 heavy (non-hydrogen) atoms. The minimum absolute atomic E-state index is 0.0960. The molecule has 1 amide bonds. The van der Waals surface area contributed by atoms with Crippen molar-refractivity contribution in [2.24, 2.45) is 28.9 Å². The van der Waals surface area contributed by atoms with Crippen molar-refractivity contribution >= 4 is 17.7 Å². The van der Waals surface area contributed by atoms with Crippen molar-refractivity contribution in [3.63, 3.8) is 0 Å². The minimum Gasteiger partial charge on any atom is -0.451 e. The fraction of sp³-hybridized carbons (Fsp3) is 0.571. The maximum Gasteiger partial charge on any atom is 0.338 e. The molecule has 0 saturated heterocycles. The summed E-state index contributed by atoms with van der Waals surface area (Å²) in [7, 11) is 0. The molecule has 1 atom stereocenters. The van der Waals surface area contributed by atoms with E-state index in [0.717, 1.165) is 19.3 Å². The number of benzene rings is 1. The molecule has 0 spiro atoms. The average molecular weight is 355 g/mol. The van der Waals surface area contributed by atoms with Crippen molar-refractivity contribution in [3.05, 3.63) is 35.4 Å². The third-order valence-corrected chi connectivity index (χ3v) is 6.62. The van der Waals surface area contributed by atoms with Crippen LogP contribution in [0.3, 0.4) is 0 Å². The lowest BCUT2D eigenvalue weighted by Crippen LogP contribution is -2.52. The summed E-state index contributed by atoms with van der Waals surface area (Å²) in [6.45, 7) is 1.69. The van der Waals surface area contributed by atoms with Gasteiger partial charge >= 0.3 is 5.97 Å². The van der Waals surface area contributed by atoms with Gasteiger partial charge in [-0.25, -0.2) is 4.79 Å². The van der Waals surface area contributed by atoms with E-state index in [9.17, 15) is 14.4 Å². The Morgan fingerprint density at radius 1 is 0.962 bits per heavy atom. The molecule has 5 heteroatoms. The molecule has 1 aromatic rings. The summed E-state index contributed by atoms with van der Waals surface area (Å²) in [4.78, 5) is 36.7. The van der Waals surface area contributed by atoms with Gasteiger partial charge in [-0.2, -0.15) is 0 Å². The van der Waals surface area contributed by atoms with Crippen LogP contribution in [0.15, 0.2) is 24.3 Å². The Kier molecular flexibility index (Phi) is 4.13. The molecule has 5 nitrogen and oxygen atoms in total. The molecule has 4 fully saturated rings. The summed E-state index contributed by atoms with van der Waals surface area (Å²) in [5.74, 6) is 1.04. The molecule has 1 aromatic carbocycles. The maximum atomic E-state index is 13.2. The summed E-state index contributed by atoms with van der Waals surface area (Å²) in [6, 6.07) is 5.99. The molecule has 4 saturated carbocycles. The standard InChI is InChI=1S/C21H25NO4/c1-12(26-20(25)17-4-2-16(3-5-17)19(22)24)18(23)21-9-13-6-14(10-21)8-15(7-13)11-21/h2-5,12-15H,6-11H2,1H3,(H2,22,24). The highest BCUT2D eigenvalue weighted by atomic mass is 16.5. The molecule has 1 unspecified atom stereocenters. The van der Waals surface area contributed by atoms with E-state index in [0.29, 0.717) is 28.9 Å². The number of carbonyl (C=O) groups is 3. The number of carbonyl (C=O) groups excluding carboxylic acids is 3. The lowest BCUT2D eigenvalue weighted by molar-refractivity contribution is -0.152. The van der Waals surface area contributed by atoms with E-state index in [2.05, 4.69) is 0 Å². The molecule has 2 N–H and O–H groups in total. The molecular formula is C21H25NO4. The van der Waals surface area contributed by atoms with E-state index in [1.54, 1.807) is 6.92 Å². The highest BCUT2D eigenvalue weighted by Gasteiger charge is 2.55. The first kappa shape index (κ1) is 17.3. The van der Waals surface area contributed by atoms with Crippen molar-refractivity contribution in [2.75, 3.05) is 0 Å². The van der Waals surface area contributed by atoms with Crippen molar-refractivity contribution < 1.29 is 19.1 Å².